The monoisotopic (exact) mass is 364 g/mol. The second kappa shape index (κ2) is 7.10. The molecule has 1 fully saturated rings. The maximum Gasteiger partial charge on any atom is 0.228 e. The van der Waals surface area contributed by atoms with Crippen LogP contribution in [0, 0.1) is 11.8 Å². The van der Waals surface area contributed by atoms with Crippen LogP contribution in [-0.4, -0.2) is 44.7 Å². The van der Waals surface area contributed by atoms with Crippen LogP contribution in [0.25, 0.3) is 11.4 Å². The van der Waals surface area contributed by atoms with Crippen molar-refractivity contribution < 1.29 is 9.59 Å². The average Bonchev–Trinajstić information content (AvgIpc) is 3.24. The first-order valence-electron chi connectivity index (χ1n) is 9.48. The van der Waals surface area contributed by atoms with Crippen LogP contribution in [-0.2, 0) is 22.7 Å². The molecule has 140 valence electrons. The predicted octanol–water partition coefficient (Wildman–Crippen LogP) is 2.49. The minimum Gasteiger partial charge on any atom is -0.342 e. The molecule has 27 heavy (non-hydrogen) atoms. The maximum absolute atomic E-state index is 12.9. The van der Waals surface area contributed by atoms with Crippen LogP contribution >= 0.6 is 0 Å². The second-order valence-electron chi connectivity index (χ2n) is 7.82. The second-order valence-corrected chi connectivity index (χ2v) is 7.82. The molecule has 0 N–H and O–H groups in total. The Morgan fingerprint density at radius 1 is 1.22 bits per heavy atom. The lowest BCUT2D eigenvalue weighted by molar-refractivity contribution is -0.136. The van der Waals surface area contributed by atoms with Gasteiger partial charge in [0.1, 0.15) is 0 Å². The summed E-state index contributed by atoms with van der Waals surface area (Å²) >= 11 is 0. The summed E-state index contributed by atoms with van der Waals surface area (Å²) < 4.78 is 0. The Balaban J connectivity index is 1.45. The summed E-state index contributed by atoms with van der Waals surface area (Å²) in [6, 6.07) is 9.84. The van der Waals surface area contributed by atoms with Gasteiger partial charge >= 0.3 is 0 Å². The number of likely N-dealkylation sites (tertiary alicyclic amines) is 1. The van der Waals surface area contributed by atoms with Crippen molar-refractivity contribution in [1.29, 1.82) is 0 Å². The number of aromatic nitrogens is 2. The Hall–Kier alpha value is -2.76. The zero-order valence-corrected chi connectivity index (χ0v) is 15.8. The number of benzene rings is 1. The number of fused-ring (bicyclic) bond motifs is 1. The van der Waals surface area contributed by atoms with Gasteiger partial charge < -0.3 is 9.80 Å². The van der Waals surface area contributed by atoms with Crippen LogP contribution in [0.3, 0.4) is 0 Å². The van der Waals surface area contributed by atoms with E-state index in [1.54, 1.807) is 0 Å². The predicted molar refractivity (Wildman–Crippen MR) is 101 cm³/mol. The van der Waals surface area contributed by atoms with E-state index < -0.39 is 0 Å². The molecule has 4 rings (SSSR count). The smallest absolute Gasteiger partial charge is 0.228 e. The molecule has 1 atom stereocenters. The third-order valence-electron chi connectivity index (χ3n) is 5.15. The van der Waals surface area contributed by atoms with Gasteiger partial charge in [-0.3, -0.25) is 9.59 Å². The maximum atomic E-state index is 12.9. The van der Waals surface area contributed by atoms with Gasteiger partial charge in [-0.05, 0) is 5.92 Å². The molecular weight excluding hydrogens is 340 g/mol. The van der Waals surface area contributed by atoms with E-state index in [0.717, 1.165) is 23.4 Å². The third kappa shape index (κ3) is 3.56. The van der Waals surface area contributed by atoms with Gasteiger partial charge in [-0.2, -0.15) is 0 Å². The lowest BCUT2D eigenvalue weighted by atomic mass is 10.1. The van der Waals surface area contributed by atoms with Crippen LogP contribution in [0.4, 0.5) is 0 Å². The quantitative estimate of drug-likeness (QED) is 0.836. The van der Waals surface area contributed by atoms with Gasteiger partial charge in [0.2, 0.25) is 11.8 Å². The summed E-state index contributed by atoms with van der Waals surface area (Å²) in [4.78, 5) is 37.9. The molecule has 1 unspecified atom stereocenters. The van der Waals surface area contributed by atoms with Crippen molar-refractivity contribution in [1.82, 2.24) is 19.8 Å². The Morgan fingerprint density at radius 2 is 2.00 bits per heavy atom. The normalized spacial score (nSPS) is 19.1. The molecule has 1 aromatic heterocycles. The molecule has 0 saturated carbocycles. The highest BCUT2D eigenvalue weighted by molar-refractivity contribution is 5.89. The van der Waals surface area contributed by atoms with Crippen molar-refractivity contribution in [3.05, 3.63) is 47.8 Å². The summed E-state index contributed by atoms with van der Waals surface area (Å²) in [6.07, 6.45) is 2.14. The third-order valence-corrected chi connectivity index (χ3v) is 5.15. The van der Waals surface area contributed by atoms with Gasteiger partial charge in [0, 0.05) is 43.4 Å². The van der Waals surface area contributed by atoms with E-state index in [0.29, 0.717) is 37.8 Å². The zero-order chi connectivity index (χ0) is 19.0. The van der Waals surface area contributed by atoms with Gasteiger partial charge in [0.05, 0.1) is 18.2 Å². The molecule has 6 nitrogen and oxygen atoms in total. The van der Waals surface area contributed by atoms with Crippen LogP contribution < -0.4 is 0 Å². The van der Waals surface area contributed by atoms with Gasteiger partial charge in [-0.15, -0.1) is 0 Å². The highest BCUT2D eigenvalue weighted by Crippen LogP contribution is 2.28. The minimum atomic E-state index is -0.243. The summed E-state index contributed by atoms with van der Waals surface area (Å²) in [5, 5.41) is 0. The molecule has 3 heterocycles. The largest absolute Gasteiger partial charge is 0.342 e. The molecule has 0 bridgehead atoms. The molecule has 2 amide bonds. The fourth-order valence-corrected chi connectivity index (χ4v) is 3.85. The molecular formula is C21H24N4O2. The van der Waals surface area contributed by atoms with E-state index in [4.69, 9.17) is 0 Å². The van der Waals surface area contributed by atoms with E-state index in [1.165, 1.54) is 0 Å². The lowest BCUT2D eigenvalue weighted by Crippen LogP contribution is -2.34. The molecule has 2 aliphatic heterocycles. The van der Waals surface area contributed by atoms with E-state index in [9.17, 15) is 9.59 Å². The fraction of sp³-hybridized carbons (Fsp3) is 0.429. The minimum absolute atomic E-state index is 0.0499. The molecule has 0 aliphatic carbocycles. The first-order chi connectivity index (χ1) is 13.0. The van der Waals surface area contributed by atoms with Crippen molar-refractivity contribution in [2.24, 2.45) is 11.8 Å². The van der Waals surface area contributed by atoms with Crippen LogP contribution in [0.5, 0.6) is 0 Å². The zero-order valence-electron chi connectivity index (χ0n) is 15.8. The van der Waals surface area contributed by atoms with Crippen LogP contribution in [0.15, 0.2) is 36.5 Å². The summed E-state index contributed by atoms with van der Waals surface area (Å²) in [5.41, 5.74) is 2.86. The summed E-state index contributed by atoms with van der Waals surface area (Å²) in [7, 11) is 0. The number of hydrogen-bond acceptors (Lipinski definition) is 4. The van der Waals surface area contributed by atoms with Crippen molar-refractivity contribution in [3.8, 4) is 11.4 Å². The van der Waals surface area contributed by atoms with Gasteiger partial charge in [-0.1, -0.05) is 44.2 Å². The lowest BCUT2D eigenvalue weighted by Gasteiger charge is -2.21. The summed E-state index contributed by atoms with van der Waals surface area (Å²) in [5.74, 6) is 0.985. The van der Waals surface area contributed by atoms with E-state index in [1.807, 2.05) is 46.3 Å². The Bertz CT molecular complexity index is 866. The average molecular weight is 364 g/mol. The molecule has 0 spiro atoms. The molecule has 2 aliphatic rings. The van der Waals surface area contributed by atoms with Gasteiger partial charge in [-0.25, -0.2) is 9.97 Å². The first kappa shape index (κ1) is 17.6. The number of rotatable bonds is 4. The fourth-order valence-electron chi connectivity index (χ4n) is 3.85. The van der Waals surface area contributed by atoms with Gasteiger partial charge in [0.25, 0.3) is 0 Å². The first-order valence-corrected chi connectivity index (χ1v) is 9.48. The number of carbonyl (C=O) groups is 2. The summed E-state index contributed by atoms with van der Waals surface area (Å²) in [6.45, 7) is 6.44. The van der Waals surface area contributed by atoms with Crippen molar-refractivity contribution in [2.45, 2.75) is 33.4 Å². The Labute approximate surface area is 159 Å². The highest BCUT2D eigenvalue weighted by atomic mass is 16.2. The molecule has 1 saturated heterocycles. The highest BCUT2D eigenvalue weighted by Gasteiger charge is 2.38. The molecule has 0 radical (unpaired) electrons. The SMILES string of the molecule is CC(C)CN1CC(C(=O)N2Cc3cnc(-c4ccccc4)nc3C2)CC1=O. The number of carbonyl (C=O) groups excluding carboxylic acids is 2. The van der Waals surface area contributed by atoms with E-state index in [-0.39, 0.29) is 17.7 Å². The van der Waals surface area contributed by atoms with Crippen molar-refractivity contribution in [3.63, 3.8) is 0 Å². The number of nitrogens with zero attached hydrogens (tertiary/aromatic N) is 4. The number of hydrogen-bond donors (Lipinski definition) is 0. The van der Waals surface area contributed by atoms with Crippen molar-refractivity contribution >= 4 is 11.8 Å². The van der Waals surface area contributed by atoms with E-state index in [2.05, 4.69) is 23.8 Å². The number of amides is 2. The Morgan fingerprint density at radius 3 is 2.74 bits per heavy atom. The molecule has 1 aromatic carbocycles. The van der Waals surface area contributed by atoms with E-state index >= 15 is 0 Å². The molecule has 6 heteroatoms. The Kier molecular flexibility index (Phi) is 4.64. The van der Waals surface area contributed by atoms with Crippen molar-refractivity contribution in [2.75, 3.05) is 13.1 Å². The van der Waals surface area contributed by atoms with Gasteiger partial charge in [0.15, 0.2) is 5.82 Å². The topological polar surface area (TPSA) is 66.4 Å². The van der Waals surface area contributed by atoms with Crippen LogP contribution in [0.1, 0.15) is 31.5 Å². The standard InChI is InChI=1S/C21H24N4O2/c1-14(2)10-24-11-16(8-19(24)26)21(27)25-12-17-9-22-20(23-18(17)13-25)15-6-4-3-5-7-15/h3-7,9,14,16H,8,10-13H2,1-2H3. The van der Waals surface area contributed by atoms with Crippen LogP contribution in [0.2, 0.25) is 0 Å². The molecule has 2 aromatic rings.